The highest BCUT2D eigenvalue weighted by molar-refractivity contribution is 8.00. The average molecular weight is 388 g/mol. The number of benzene rings is 2. The second kappa shape index (κ2) is 8.90. The van der Waals surface area contributed by atoms with E-state index in [0.29, 0.717) is 35.0 Å². The van der Waals surface area contributed by atoms with Crippen molar-refractivity contribution in [2.45, 2.75) is 24.2 Å². The molecule has 1 saturated heterocycles. The van der Waals surface area contributed by atoms with Gasteiger partial charge in [-0.25, -0.2) is 4.39 Å². The number of carbonyl (C=O) groups excluding carboxylic acids is 2. The van der Waals surface area contributed by atoms with Crippen molar-refractivity contribution in [1.82, 2.24) is 0 Å². The second-order valence-electron chi connectivity index (χ2n) is 6.16. The smallest absolute Gasteiger partial charge is 0.234 e. The standard InChI is InChI=1S/C20H21FN2O3S/c1-26-17-10-9-14(12-16(17)23-11-5-4-8-20(23)25)22-19(24)13-27-18-7-3-2-6-15(18)21/h2-3,6-7,9-10,12H,4-5,8,11,13H2,1H3,(H,22,24). The molecule has 1 fully saturated rings. The molecule has 1 heterocycles. The van der Waals surface area contributed by atoms with Gasteiger partial charge in [0.15, 0.2) is 0 Å². The number of nitrogens with zero attached hydrogens (tertiary/aromatic N) is 1. The molecule has 0 saturated carbocycles. The maximum atomic E-state index is 13.6. The Morgan fingerprint density at radius 1 is 1.26 bits per heavy atom. The molecule has 0 bridgehead atoms. The zero-order chi connectivity index (χ0) is 19.2. The lowest BCUT2D eigenvalue weighted by Gasteiger charge is -2.28. The van der Waals surface area contributed by atoms with Crippen molar-refractivity contribution in [2.24, 2.45) is 0 Å². The van der Waals surface area contributed by atoms with Crippen LogP contribution in [0.5, 0.6) is 5.75 Å². The largest absolute Gasteiger partial charge is 0.495 e. The van der Waals surface area contributed by atoms with E-state index in [0.717, 1.165) is 24.6 Å². The van der Waals surface area contributed by atoms with E-state index in [1.54, 1.807) is 48.4 Å². The number of methoxy groups -OCH3 is 1. The van der Waals surface area contributed by atoms with Crippen LogP contribution < -0.4 is 15.0 Å². The van der Waals surface area contributed by atoms with Crippen LogP contribution in [0.4, 0.5) is 15.8 Å². The van der Waals surface area contributed by atoms with Gasteiger partial charge in [-0.1, -0.05) is 12.1 Å². The molecule has 0 unspecified atom stereocenters. The monoisotopic (exact) mass is 388 g/mol. The van der Waals surface area contributed by atoms with E-state index in [4.69, 9.17) is 4.74 Å². The maximum absolute atomic E-state index is 13.6. The van der Waals surface area contributed by atoms with Crippen LogP contribution in [0.25, 0.3) is 0 Å². The summed E-state index contributed by atoms with van der Waals surface area (Å²) in [5.74, 6) is 0.141. The van der Waals surface area contributed by atoms with Crippen LogP contribution in [0.3, 0.4) is 0 Å². The van der Waals surface area contributed by atoms with Gasteiger partial charge in [-0.15, -0.1) is 11.8 Å². The molecule has 1 aliphatic heterocycles. The Bertz CT molecular complexity index is 844. The van der Waals surface area contributed by atoms with Gasteiger partial charge >= 0.3 is 0 Å². The molecular formula is C20H21FN2O3S. The molecule has 0 aliphatic carbocycles. The zero-order valence-electron chi connectivity index (χ0n) is 15.0. The quantitative estimate of drug-likeness (QED) is 0.758. The van der Waals surface area contributed by atoms with E-state index in [1.165, 1.54) is 6.07 Å². The van der Waals surface area contributed by atoms with E-state index in [9.17, 15) is 14.0 Å². The first kappa shape index (κ1) is 19.2. The third-order valence-corrected chi connectivity index (χ3v) is 5.32. The molecule has 0 aromatic heterocycles. The molecule has 1 aliphatic rings. The van der Waals surface area contributed by atoms with Gasteiger partial charge in [0.1, 0.15) is 11.6 Å². The van der Waals surface area contributed by atoms with Gasteiger partial charge in [-0.05, 0) is 43.2 Å². The van der Waals surface area contributed by atoms with Gasteiger partial charge in [0.25, 0.3) is 0 Å². The summed E-state index contributed by atoms with van der Waals surface area (Å²) < 4.78 is 19.0. The number of hydrogen-bond acceptors (Lipinski definition) is 4. The van der Waals surface area contributed by atoms with Crippen molar-refractivity contribution in [3.63, 3.8) is 0 Å². The molecular weight excluding hydrogens is 367 g/mol. The molecule has 142 valence electrons. The molecule has 2 amide bonds. The SMILES string of the molecule is COc1ccc(NC(=O)CSc2ccccc2F)cc1N1CCCCC1=O. The van der Waals surface area contributed by atoms with Crippen LogP contribution in [0.2, 0.25) is 0 Å². The summed E-state index contributed by atoms with van der Waals surface area (Å²) in [6, 6.07) is 11.5. The summed E-state index contributed by atoms with van der Waals surface area (Å²) in [6.45, 7) is 0.635. The first-order valence-electron chi connectivity index (χ1n) is 8.74. The van der Waals surface area contributed by atoms with Gasteiger partial charge in [-0.2, -0.15) is 0 Å². The Kier molecular flexibility index (Phi) is 6.34. The summed E-state index contributed by atoms with van der Waals surface area (Å²) in [5.41, 5.74) is 1.23. The number of thioether (sulfide) groups is 1. The molecule has 7 heteroatoms. The minimum atomic E-state index is -0.342. The Morgan fingerprint density at radius 3 is 2.81 bits per heavy atom. The summed E-state index contributed by atoms with van der Waals surface area (Å²) >= 11 is 1.14. The Morgan fingerprint density at radius 2 is 2.07 bits per heavy atom. The van der Waals surface area contributed by atoms with Crippen molar-refractivity contribution in [3.05, 3.63) is 48.3 Å². The fourth-order valence-electron chi connectivity index (χ4n) is 2.94. The van der Waals surface area contributed by atoms with E-state index >= 15 is 0 Å². The van der Waals surface area contributed by atoms with E-state index < -0.39 is 0 Å². The lowest BCUT2D eigenvalue weighted by Crippen LogP contribution is -2.35. The number of hydrogen-bond donors (Lipinski definition) is 1. The highest BCUT2D eigenvalue weighted by atomic mass is 32.2. The van der Waals surface area contributed by atoms with Crippen molar-refractivity contribution in [3.8, 4) is 5.75 Å². The second-order valence-corrected chi connectivity index (χ2v) is 7.17. The number of rotatable bonds is 6. The summed E-state index contributed by atoms with van der Waals surface area (Å²) in [4.78, 5) is 26.6. The predicted octanol–water partition coefficient (Wildman–Crippen LogP) is 4.08. The molecule has 2 aromatic carbocycles. The van der Waals surface area contributed by atoms with Crippen LogP contribution in [-0.4, -0.2) is 31.2 Å². The van der Waals surface area contributed by atoms with E-state index in [2.05, 4.69) is 5.32 Å². The summed E-state index contributed by atoms with van der Waals surface area (Å²) in [6.07, 6.45) is 2.34. The molecule has 1 N–H and O–H groups in total. The minimum absolute atomic E-state index is 0.0538. The average Bonchev–Trinajstić information content (AvgIpc) is 2.68. The molecule has 0 radical (unpaired) electrons. The molecule has 3 rings (SSSR count). The highest BCUT2D eigenvalue weighted by Crippen LogP contribution is 2.33. The first-order chi connectivity index (χ1) is 13.1. The van der Waals surface area contributed by atoms with E-state index in [-0.39, 0.29) is 23.4 Å². The fourth-order valence-corrected chi connectivity index (χ4v) is 3.68. The fraction of sp³-hybridized carbons (Fsp3) is 0.300. The molecule has 27 heavy (non-hydrogen) atoms. The summed E-state index contributed by atoms with van der Waals surface area (Å²) in [7, 11) is 1.55. The third kappa shape index (κ3) is 4.80. The lowest BCUT2D eigenvalue weighted by atomic mass is 10.1. The number of amides is 2. The molecule has 2 aromatic rings. The number of ether oxygens (including phenoxy) is 1. The Balaban J connectivity index is 1.69. The number of carbonyl (C=O) groups is 2. The predicted molar refractivity (Wildman–Crippen MR) is 105 cm³/mol. The van der Waals surface area contributed by atoms with Gasteiger partial charge in [0.05, 0.1) is 18.6 Å². The van der Waals surface area contributed by atoms with E-state index in [1.807, 2.05) is 0 Å². The normalized spacial score (nSPS) is 14.1. The molecule has 0 spiro atoms. The lowest BCUT2D eigenvalue weighted by molar-refractivity contribution is -0.119. The van der Waals surface area contributed by atoms with Crippen LogP contribution in [0.1, 0.15) is 19.3 Å². The maximum Gasteiger partial charge on any atom is 0.234 e. The minimum Gasteiger partial charge on any atom is -0.495 e. The topological polar surface area (TPSA) is 58.6 Å². The molecule has 0 atom stereocenters. The van der Waals surface area contributed by atoms with Crippen molar-refractivity contribution < 1.29 is 18.7 Å². The Hall–Kier alpha value is -2.54. The Labute approximate surface area is 161 Å². The number of piperidine rings is 1. The van der Waals surface area contributed by atoms with Gasteiger partial charge in [-0.3, -0.25) is 9.59 Å². The van der Waals surface area contributed by atoms with Crippen molar-refractivity contribution in [1.29, 1.82) is 0 Å². The summed E-state index contributed by atoms with van der Waals surface area (Å²) in [5, 5.41) is 2.80. The van der Waals surface area contributed by atoms with Crippen LogP contribution >= 0.6 is 11.8 Å². The number of anilines is 2. The van der Waals surface area contributed by atoms with Gasteiger partial charge < -0.3 is 15.0 Å². The van der Waals surface area contributed by atoms with Crippen molar-refractivity contribution in [2.75, 3.05) is 29.6 Å². The number of halogens is 1. The van der Waals surface area contributed by atoms with Crippen LogP contribution in [0, 0.1) is 5.82 Å². The zero-order valence-corrected chi connectivity index (χ0v) is 15.9. The van der Waals surface area contributed by atoms with Crippen LogP contribution in [-0.2, 0) is 9.59 Å². The number of nitrogens with one attached hydrogen (secondary N) is 1. The van der Waals surface area contributed by atoms with Gasteiger partial charge in [0, 0.05) is 23.5 Å². The molecule has 5 nitrogen and oxygen atoms in total. The van der Waals surface area contributed by atoms with Crippen molar-refractivity contribution >= 4 is 35.0 Å². The first-order valence-corrected chi connectivity index (χ1v) is 9.72. The highest BCUT2D eigenvalue weighted by Gasteiger charge is 2.23. The third-order valence-electron chi connectivity index (χ3n) is 4.27. The van der Waals surface area contributed by atoms with Crippen LogP contribution in [0.15, 0.2) is 47.4 Å². The van der Waals surface area contributed by atoms with Gasteiger partial charge in [0.2, 0.25) is 11.8 Å².